The number of hydrogen-bond acceptors (Lipinski definition) is 7. The summed E-state index contributed by atoms with van der Waals surface area (Å²) in [5.74, 6) is 0.453. The lowest BCUT2D eigenvalue weighted by Gasteiger charge is -2.33. The number of nitrogen functional groups attached to an aromatic ring is 1. The van der Waals surface area contributed by atoms with E-state index in [0.29, 0.717) is 24.9 Å². The number of rotatable bonds is 3. The first kappa shape index (κ1) is 13.3. The Labute approximate surface area is 121 Å². The van der Waals surface area contributed by atoms with E-state index in [0.717, 1.165) is 12.8 Å². The van der Waals surface area contributed by atoms with Crippen molar-refractivity contribution in [2.24, 2.45) is 5.73 Å². The first-order valence-corrected chi connectivity index (χ1v) is 6.71. The second kappa shape index (κ2) is 5.35. The molecule has 4 N–H and O–H groups in total. The molecule has 9 heteroatoms. The summed E-state index contributed by atoms with van der Waals surface area (Å²) in [5.41, 5.74) is 11.2. The zero-order valence-corrected chi connectivity index (χ0v) is 11.4. The minimum absolute atomic E-state index is 0.0949. The molecule has 0 aliphatic carbocycles. The van der Waals surface area contributed by atoms with Crippen LogP contribution in [0.15, 0.2) is 18.7 Å². The maximum absolute atomic E-state index is 11.6. The minimum Gasteiger partial charge on any atom is -0.368 e. The van der Waals surface area contributed by atoms with E-state index in [1.54, 1.807) is 28.2 Å². The van der Waals surface area contributed by atoms with E-state index in [1.165, 1.54) is 0 Å². The average Bonchev–Trinajstić information content (AvgIpc) is 3.01. The van der Waals surface area contributed by atoms with Crippen molar-refractivity contribution in [3.05, 3.63) is 18.7 Å². The van der Waals surface area contributed by atoms with Crippen LogP contribution in [0.1, 0.15) is 19.3 Å². The molecule has 1 aliphatic heterocycles. The number of amides is 1. The summed E-state index contributed by atoms with van der Waals surface area (Å²) in [5, 5.41) is 0. The summed E-state index contributed by atoms with van der Waals surface area (Å²) in [6, 6.07) is -0.406. The fraction of sp³-hybridized carbons (Fsp3) is 0.417. The van der Waals surface area contributed by atoms with E-state index in [4.69, 9.17) is 11.5 Å². The molecule has 1 atom stereocenters. The Kier molecular flexibility index (Phi) is 3.38. The maximum atomic E-state index is 11.6. The van der Waals surface area contributed by atoms with Gasteiger partial charge in [0, 0.05) is 18.9 Å². The minimum atomic E-state index is -0.406. The predicted octanol–water partition coefficient (Wildman–Crippen LogP) is -0.516. The third-order valence-electron chi connectivity index (χ3n) is 3.45. The molecule has 1 unspecified atom stereocenters. The zero-order chi connectivity index (χ0) is 14.8. The highest BCUT2D eigenvalue weighted by molar-refractivity contribution is 5.83. The van der Waals surface area contributed by atoms with Gasteiger partial charge in [-0.2, -0.15) is 15.0 Å². The van der Waals surface area contributed by atoms with Crippen molar-refractivity contribution in [2.45, 2.75) is 25.3 Å². The highest BCUT2D eigenvalue weighted by Crippen LogP contribution is 2.22. The van der Waals surface area contributed by atoms with E-state index in [-0.39, 0.29) is 11.9 Å². The van der Waals surface area contributed by atoms with E-state index in [2.05, 4.69) is 19.9 Å². The molecule has 0 bridgehead atoms. The number of primary amides is 1. The smallest absolute Gasteiger partial charge is 0.241 e. The number of piperidine rings is 1. The molecule has 0 spiro atoms. The molecule has 0 radical (unpaired) electrons. The molecule has 1 saturated heterocycles. The largest absolute Gasteiger partial charge is 0.368 e. The number of nitrogens with two attached hydrogens (primary N) is 2. The molecule has 2 aromatic heterocycles. The second-order valence-corrected chi connectivity index (χ2v) is 4.87. The second-order valence-electron chi connectivity index (χ2n) is 4.87. The number of carbonyl (C=O) groups excluding carboxylic acids is 1. The molecule has 0 aromatic carbocycles. The summed E-state index contributed by atoms with van der Waals surface area (Å²) in [6.07, 6.45) is 7.50. The van der Waals surface area contributed by atoms with Gasteiger partial charge < -0.3 is 16.4 Å². The standard InChI is InChI=1S/C12H16N8O/c13-9(21)8-3-1-2-5-20(8)12-17-10(14)16-11(18-12)19-6-4-15-7-19/h4,6-8H,1-3,5H2,(H2,13,21)(H2,14,16,17,18). The van der Waals surface area contributed by atoms with Gasteiger partial charge >= 0.3 is 0 Å². The molecular formula is C12H16N8O. The van der Waals surface area contributed by atoms with Crippen molar-refractivity contribution in [2.75, 3.05) is 17.2 Å². The van der Waals surface area contributed by atoms with Gasteiger partial charge in [-0.3, -0.25) is 9.36 Å². The van der Waals surface area contributed by atoms with Gasteiger partial charge in [-0.05, 0) is 19.3 Å². The summed E-state index contributed by atoms with van der Waals surface area (Å²) < 4.78 is 1.63. The quantitative estimate of drug-likeness (QED) is 0.777. The fourth-order valence-electron chi connectivity index (χ4n) is 2.46. The van der Waals surface area contributed by atoms with Gasteiger partial charge in [0.1, 0.15) is 12.4 Å². The summed E-state index contributed by atoms with van der Waals surface area (Å²) in [4.78, 5) is 29.9. The van der Waals surface area contributed by atoms with Gasteiger partial charge in [0.25, 0.3) is 0 Å². The Morgan fingerprint density at radius 3 is 2.76 bits per heavy atom. The molecule has 1 fully saturated rings. The SMILES string of the molecule is NC(=O)C1CCCCN1c1nc(N)nc(-n2ccnc2)n1. The van der Waals surface area contributed by atoms with Crippen LogP contribution >= 0.6 is 0 Å². The van der Waals surface area contributed by atoms with Crippen LogP contribution in [0.5, 0.6) is 0 Å². The van der Waals surface area contributed by atoms with E-state index in [9.17, 15) is 4.79 Å². The normalized spacial score (nSPS) is 18.7. The van der Waals surface area contributed by atoms with Gasteiger partial charge in [-0.15, -0.1) is 0 Å². The van der Waals surface area contributed by atoms with Gasteiger partial charge in [-0.25, -0.2) is 4.98 Å². The highest BCUT2D eigenvalue weighted by Gasteiger charge is 2.29. The molecule has 0 saturated carbocycles. The van der Waals surface area contributed by atoms with Crippen LogP contribution in [0.2, 0.25) is 0 Å². The third-order valence-corrected chi connectivity index (χ3v) is 3.45. The van der Waals surface area contributed by atoms with Crippen molar-refractivity contribution in [1.82, 2.24) is 24.5 Å². The van der Waals surface area contributed by atoms with Crippen LogP contribution in [0.25, 0.3) is 5.95 Å². The van der Waals surface area contributed by atoms with Gasteiger partial charge in [-0.1, -0.05) is 0 Å². The van der Waals surface area contributed by atoms with Crippen molar-refractivity contribution in [1.29, 1.82) is 0 Å². The zero-order valence-electron chi connectivity index (χ0n) is 11.4. The van der Waals surface area contributed by atoms with Crippen LogP contribution in [0.3, 0.4) is 0 Å². The molecule has 9 nitrogen and oxygen atoms in total. The van der Waals surface area contributed by atoms with Crippen molar-refractivity contribution >= 4 is 17.8 Å². The first-order chi connectivity index (χ1) is 10.1. The highest BCUT2D eigenvalue weighted by atomic mass is 16.1. The third kappa shape index (κ3) is 2.62. The molecule has 110 valence electrons. The van der Waals surface area contributed by atoms with Crippen LogP contribution in [0, 0.1) is 0 Å². The van der Waals surface area contributed by atoms with Crippen molar-refractivity contribution in [3.63, 3.8) is 0 Å². The van der Waals surface area contributed by atoms with Gasteiger partial charge in [0.05, 0.1) is 0 Å². The lowest BCUT2D eigenvalue weighted by molar-refractivity contribution is -0.119. The monoisotopic (exact) mass is 288 g/mol. The van der Waals surface area contributed by atoms with Crippen LogP contribution in [0.4, 0.5) is 11.9 Å². The Morgan fingerprint density at radius 1 is 1.24 bits per heavy atom. The lowest BCUT2D eigenvalue weighted by atomic mass is 10.0. The van der Waals surface area contributed by atoms with Crippen molar-refractivity contribution in [3.8, 4) is 5.95 Å². The molecule has 1 aliphatic rings. The van der Waals surface area contributed by atoms with Gasteiger partial charge in [0.2, 0.25) is 23.8 Å². The summed E-state index contributed by atoms with van der Waals surface area (Å²) in [6.45, 7) is 0.667. The molecule has 2 aromatic rings. The molecule has 3 rings (SSSR count). The van der Waals surface area contributed by atoms with Crippen LogP contribution < -0.4 is 16.4 Å². The Morgan fingerprint density at radius 2 is 2.05 bits per heavy atom. The average molecular weight is 288 g/mol. The number of hydrogen-bond donors (Lipinski definition) is 2. The van der Waals surface area contributed by atoms with Gasteiger partial charge in [0.15, 0.2) is 0 Å². The molecule has 3 heterocycles. The predicted molar refractivity (Wildman–Crippen MR) is 75.5 cm³/mol. The number of carbonyl (C=O) groups is 1. The van der Waals surface area contributed by atoms with E-state index >= 15 is 0 Å². The first-order valence-electron chi connectivity index (χ1n) is 6.71. The van der Waals surface area contributed by atoms with E-state index in [1.807, 2.05) is 0 Å². The number of anilines is 2. The fourth-order valence-corrected chi connectivity index (χ4v) is 2.46. The van der Waals surface area contributed by atoms with Crippen LogP contribution in [-0.2, 0) is 4.79 Å². The number of nitrogens with zero attached hydrogens (tertiary/aromatic N) is 6. The molecule has 1 amide bonds. The molecular weight excluding hydrogens is 272 g/mol. The Balaban J connectivity index is 1.99. The van der Waals surface area contributed by atoms with Crippen molar-refractivity contribution < 1.29 is 4.79 Å². The summed E-state index contributed by atoms with van der Waals surface area (Å²) >= 11 is 0. The number of imidazole rings is 1. The Bertz CT molecular complexity index is 641. The Hall–Kier alpha value is -2.71. The topological polar surface area (TPSA) is 129 Å². The lowest BCUT2D eigenvalue weighted by Crippen LogP contribution is -2.48. The maximum Gasteiger partial charge on any atom is 0.241 e. The van der Waals surface area contributed by atoms with E-state index < -0.39 is 6.04 Å². The summed E-state index contributed by atoms with van der Waals surface area (Å²) in [7, 11) is 0. The molecule has 21 heavy (non-hydrogen) atoms. The number of aromatic nitrogens is 5. The van der Waals surface area contributed by atoms with Crippen LogP contribution in [-0.4, -0.2) is 43.0 Å².